The summed E-state index contributed by atoms with van der Waals surface area (Å²) in [5, 5.41) is 2.25. The van der Waals surface area contributed by atoms with Gasteiger partial charge in [0.1, 0.15) is 0 Å². The highest BCUT2D eigenvalue weighted by Crippen LogP contribution is 2.40. The molecule has 96 valence electrons. The molecular formula is C13H21IN2S. The van der Waals surface area contributed by atoms with Crippen LogP contribution >= 0.6 is 33.9 Å². The second-order valence-electron chi connectivity index (χ2n) is 5.51. The molecule has 17 heavy (non-hydrogen) atoms. The van der Waals surface area contributed by atoms with E-state index < -0.39 is 0 Å². The fraction of sp³-hybridized carbons (Fsp3) is 0.692. The number of hydrogen-bond acceptors (Lipinski definition) is 3. The molecule has 2 rings (SSSR count). The Balaban J connectivity index is 2.12. The lowest BCUT2D eigenvalue weighted by Crippen LogP contribution is -2.36. The summed E-state index contributed by atoms with van der Waals surface area (Å²) in [7, 11) is 0. The molecule has 1 aromatic rings. The van der Waals surface area contributed by atoms with Gasteiger partial charge in [0.2, 0.25) is 0 Å². The summed E-state index contributed by atoms with van der Waals surface area (Å²) in [6, 6.07) is 2.60. The van der Waals surface area contributed by atoms with Crippen molar-refractivity contribution in [1.82, 2.24) is 5.43 Å². The first kappa shape index (κ1) is 13.8. The van der Waals surface area contributed by atoms with E-state index in [0.717, 1.165) is 11.8 Å². The van der Waals surface area contributed by atoms with Crippen LogP contribution in [0.15, 0.2) is 11.4 Å². The number of thiophene rings is 1. The van der Waals surface area contributed by atoms with E-state index >= 15 is 0 Å². The summed E-state index contributed by atoms with van der Waals surface area (Å²) < 4.78 is 1.34. The number of hydrazine groups is 1. The van der Waals surface area contributed by atoms with Crippen LogP contribution in [-0.2, 0) is 0 Å². The Hall–Kier alpha value is 0.350. The topological polar surface area (TPSA) is 38.0 Å². The second-order valence-corrected chi connectivity index (χ2v) is 8.31. The molecule has 0 spiro atoms. The Kier molecular flexibility index (Phi) is 4.86. The zero-order valence-electron chi connectivity index (χ0n) is 10.4. The zero-order valence-corrected chi connectivity index (χ0v) is 13.4. The maximum atomic E-state index is 5.79. The molecule has 1 aromatic heterocycles. The van der Waals surface area contributed by atoms with Gasteiger partial charge >= 0.3 is 0 Å². The smallest absolute Gasteiger partial charge is 0.0656 e. The molecule has 1 fully saturated rings. The first-order chi connectivity index (χ1) is 8.10. The lowest BCUT2D eigenvalue weighted by atomic mass is 9.73. The monoisotopic (exact) mass is 364 g/mol. The highest BCUT2D eigenvalue weighted by molar-refractivity contribution is 14.1. The molecule has 0 saturated heterocycles. The molecule has 1 heterocycles. The van der Waals surface area contributed by atoms with Crippen LogP contribution in [0.4, 0.5) is 0 Å². The summed E-state index contributed by atoms with van der Waals surface area (Å²) >= 11 is 4.18. The zero-order chi connectivity index (χ0) is 12.4. The molecule has 1 saturated carbocycles. The van der Waals surface area contributed by atoms with E-state index in [0.29, 0.717) is 12.0 Å². The van der Waals surface area contributed by atoms with Gasteiger partial charge in [0.05, 0.1) is 2.88 Å². The minimum Gasteiger partial charge on any atom is -0.271 e. The van der Waals surface area contributed by atoms with Crippen LogP contribution in [-0.4, -0.2) is 0 Å². The molecule has 1 aliphatic carbocycles. The predicted molar refractivity (Wildman–Crippen MR) is 82.8 cm³/mol. The van der Waals surface area contributed by atoms with Gasteiger partial charge in [-0.15, -0.1) is 11.3 Å². The minimum absolute atomic E-state index is 0.333. The van der Waals surface area contributed by atoms with Gasteiger partial charge in [-0.2, -0.15) is 0 Å². The van der Waals surface area contributed by atoms with Gasteiger partial charge < -0.3 is 0 Å². The van der Waals surface area contributed by atoms with Crippen molar-refractivity contribution in [2.24, 2.45) is 23.6 Å². The minimum atomic E-state index is 0.333. The van der Waals surface area contributed by atoms with Crippen LogP contribution in [0.5, 0.6) is 0 Å². The first-order valence-electron chi connectivity index (χ1n) is 6.30. The first-order valence-corrected chi connectivity index (χ1v) is 8.26. The van der Waals surface area contributed by atoms with Gasteiger partial charge in [-0.3, -0.25) is 11.3 Å². The van der Waals surface area contributed by atoms with Crippen molar-refractivity contribution in [3.05, 3.63) is 19.9 Å². The fourth-order valence-corrected chi connectivity index (χ4v) is 4.68. The van der Waals surface area contributed by atoms with E-state index in [1.165, 1.54) is 27.7 Å². The molecule has 0 amide bonds. The highest BCUT2D eigenvalue weighted by Gasteiger charge is 2.30. The van der Waals surface area contributed by atoms with E-state index in [-0.39, 0.29) is 0 Å². The summed E-state index contributed by atoms with van der Waals surface area (Å²) in [5.74, 6) is 8.13. The SMILES string of the molecule is CC1CC(C)CC(C(NN)c2csc(I)c2)C1. The number of nitrogens with one attached hydrogen (secondary N) is 1. The Morgan fingerprint density at radius 1 is 1.35 bits per heavy atom. The van der Waals surface area contributed by atoms with Crippen LogP contribution in [0.1, 0.15) is 44.7 Å². The third-order valence-electron chi connectivity index (χ3n) is 3.81. The summed E-state index contributed by atoms with van der Waals surface area (Å²) in [6.45, 7) is 4.74. The largest absolute Gasteiger partial charge is 0.271 e. The maximum absolute atomic E-state index is 5.79. The summed E-state index contributed by atoms with van der Waals surface area (Å²) in [6.07, 6.45) is 3.96. The number of hydrogen-bond donors (Lipinski definition) is 2. The van der Waals surface area contributed by atoms with Crippen molar-refractivity contribution in [2.45, 2.75) is 39.2 Å². The average molecular weight is 364 g/mol. The predicted octanol–water partition coefficient (Wildman–Crippen LogP) is 3.93. The van der Waals surface area contributed by atoms with Gasteiger partial charge in [0.25, 0.3) is 0 Å². The molecule has 4 heteroatoms. The third kappa shape index (κ3) is 3.43. The maximum Gasteiger partial charge on any atom is 0.0656 e. The van der Waals surface area contributed by atoms with Crippen LogP contribution in [0.2, 0.25) is 0 Å². The van der Waals surface area contributed by atoms with Crippen LogP contribution in [0.3, 0.4) is 0 Å². The third-order valence-corrected chi connectivity index (χ3v) is 5.62. The van der Waals surface area contributed by atoms with E-state index in [4.69, 9.17) is 5.84 Å². The van der Waals surface area contributed by atoms with Gasteiger partial charge in [0.15, 0.2) is 0 Å². The Morgan fingerprint density at radius 3 is 2.47 bits per heavy atom. The van der Waals surface area contributed by atoms with E-state index in [1.807, 2.05) is 0 Å². The highest BCUT2D eigenvalue weighted by atomic mass is 127. The van der Waals surface area contributed by atoms with Crippen molar-refractivity contribution in [3.63, 3.8) is 0 Å². The lowest BCUT2D eigenvalue weighted by molar-refractivity contribution is 0.177. The molecule has 3 atom stereocenters. The average Bonchev–Trinajstić information content (AvgIpc) is 2.64. The van der Waals surface area contributed by atoms with Crippen molar-refractivity contribution in [1.29, 1.82) is 0 Å². The van der Waals surface area contributed by atoms with Gasteiger partial charge in [-0.25, -0.2) is 0 Å². The van der Waals surface area contributed by atoms with Gasteiger partial charge in [-0.05, 0) is 76.6 Å². The molecule has 0 radical (unpaired) electrons. The second kappa shape index (κ2) is 5.99. The number of nitrogens with two attached hydrogens (primary N) is 1. The van der Waals surface area contributed by atoms with Crippen LogP contribution in [0, 0.1) is 20.6 Å². The molecule has 0 bridgehead atoms. The summed E-state index contributed by atoms with van der Waals surface area (Å²) in [5.41, 5.74) is 4.41. The molecule has 3 N–H and O–H groups in total. The molecule has 2 nitrogen and oxygen atoms in total. The van der Waals surface area contributed by atoms with Crippen molar-refractivity contribution >= 4 is 33.9 Å². The summed E-state index contributed by atoms with van der Waals surface area (Å²) in [4.78, 5) is 0. The van der Waals surface area contributed by atoms with Crippen molar-refractivity contribution < 1.29 is 0 Å². The standard InChI is InChI=1S/C13H21IN2S/c1-8-3-9(2)5-10(4-8)13(16-15)11-6-12(14)17-7-11/h6-10,13,16H,3-5,15H2,1-2H3. The molecule has 3 unspecified atom stereocenters. The van der Waals surface area contributed by atoms with Crippen molar-refractivity contribution in [3.8, 4) is 0 Å². The Bertz CT molecular complexity index is 356. The Labute approximate surface area is 121 Å². The number of halogens is 1. The normalized spacial score (nSPS) is 31.4. The molecular weight excluding hydrogens is 343 g/mol. The fourth-order valence-electron chi connectivity index (χ4n) is 3.27. The molecule has 0 aromatic carbocycles. The quantitative estimate of drug-likeness (QED) is 0.485. The van der Waals surface area contributed by atoms with E-state index in [1.54, 1.807) is 11.3 Å². The van der Waals surface area contributed by atoms with Crippen LogP contribution in [0.25, 0.3) is 0 Å². The van der Waals surface area contributed by atoms with Gasteiger partial charge in [-0.1, -0.05) is 13.8 Å². The van der Waals surface area contributed by atoms with E-state index in [2.05, 4.69) is 53.3 Å². The van der Waals surface area contributed by atoms with Gasteiger partial charge in [0, 0.05) is 6.04 Å². The molecule has 1 aliphatic rings. The Morgan fingerprint density at radius 2 is 2.00 bits per heavy atom. The van der Waals surface area contributed by atoms with E-state index in [9.17, 15) is 0 Å². The molecule has 0 aliphatic heterocycles. The number of rotatable bonds is 3. The lowest BCUT2D eigenvalue weighted by Gasteiger charge is -2.36. The van der Waals surface area contributed by atoms with Crippen molar-refractivity contribution in [2.75, 3.05) is 0 Å². The van der Waals surface area contributed by atoms with Crippen LogP contribution < -0.4 is 11.3 Å².